The smallest absolute Gasteiger partial charge is 0.317 e. The van der Waals surface area contributed by atoms with Crippen LogP contribution in [0.25, 0.3) is 6.08 Å². The van der Waals surface area contributed by atoms with E-state index in [0.717, 1.165) is 11.1 Å². The van der Waals surface area contributed by atoms with E-state index in [2.05, 4.69) is 11.4 Å². The largest absolute Gasteiger partial charge is 0.480 e. The summed E-state index contributed by atoms with van der Waals surface area (Å²) >= 11 is 0. The lowest BCUT2D eigenvalue weighted by Gasteiger charge is -2.14. The molecule has 1 aliphatic carbocycles. The first kappa shape index (κ1) is 9.93. The number of rotatable bonds is 3. The molecule has 2 rings (SSSR count). The molecule has 1 aromatic rings. The summed E-state index contributed by atoms with van der Waals surface area (Å²) in [5.74, 6) is -0.827. The van der Waals surface area contributed by atoms with Crippen molar-refractivity contribution in [3.8, 4) is 0 Å². The van der Waals surface area contributed by atoms with Gasteiger partial charge in [0.2, 0.25) is 0 Å². The van der Waals surface area contributed by atoms with Gasteiger partial charge < -0.3 is 5.11 Å². The van der Waals surface area contributed by atoms with E-state index in [1.165, 1.54) is 5.56 Å². The third-order valence-corrected chi connectivity index (χ3v) is 2.60. The zero-order valence-corrected chi connectivity index (χ0v) is 8.53. The SMILES string of the molecule is CC1=Cc2ccccc2C1NCC(=O)O. The molecule has 0 aliphatic heterocycles. The Hall–Kier alpha value is -1.61. The molecule has 2 N–H and O–H groups in total. The van der Waals surface area contributed by atoms with Gasteiger partial charge in [-0.3, -0.25) is 10.1 Å². The van der Waals surface area contributed by atoms with Gasteiger partial charge in [-0.2, -0.15) is 0 Å². The third-order valence-electron chi connectivity index (χ3n) is 2.60. The summed E-state index contributed by atoms with van der Waals surface area (Å²) in [6, 6.07) is 8.09. The highest BCUT2D eigenvalue weighted by Crippen LogP contribution is 2.33. The van der Waals surface area contributed by atoms with Crippen molar-refractivity contribution in [1.82, 2.24) is 5.32 Å². The highest BCUT2D eigenvalue weighted by Gasteiger charge is 2.21. The number of carboxylic acid groups (broad SMARTS) is 1. The van der Waals surface area contributed by atoms with Gasteiger partial charge >= 0.3 is 5.97 Å². The van der Waals surface area contributed by atoms with Gasteiger partial charge in [0.1, 0.15) is 0 Å². The van der Waals surface area contributed by atoms with Crippen molar-refractivity contribution in [2.24, 2.45) is 0 Å². The van der Waals surface area contributed by atoms with E-state index in [-0.39, 0.29) is 12.6 Å². The minimum atomic E-state index is -0.827. The fraction of sp³-hybridized carbons (Fsp3) is 0.250. The monoisotopic (exact) mass is 203 g/mol. The number of hydrogen-bond acceptors (Lipinski definition) is 2. The number of aliphatic carboxylic acids is 1. The third kappa shape index (κ3) is 1.92. The van der Waals surface area contributed by atoms with Crippen LogP contribution in [0.4, 0.5) is 0 Å². The molecule has 1 atom stereocenters. The molecular weight excluding hydrogens is 190 g/mol. The molecule has 0 saturated heterocycles. The van der Waals surface area contributed by atoms with Crippen LogP contribution in [-0.4, -0.2) is 17.6 Å². The van der Waals surface area contributed by atoms with Gasteiger partial charge in [0.25, 0.3) is 0 Å². The molecule has 0 saturated carbocycles. The first-order chi connectivity index (χ1) is 7.18. The average Bonchev–Trinajstić information content (AvgIpc) is 2.50. The molecule has 0 fully saturated rings. The van der Waals surface area contributed by atoms with Crippen molar-refractivity contribution in [3.05, 3.63) is 41.0 Å². The average molecular weight is 203 g/mol. The molecule has 0 spiro atoms. The van der Waals surface area contributed by atoms with E-state index in [0.29, 0.717) is 0 Å². The molecule has 0 aromatic heterocycles. The van der Waals surface area contributed by atoms with Crippen LogP contribution < -0.4 is 5.32 Å². The van der Waals surface area contributed by atoms with Gasteiger partial charge in [-0.25, -0.2) is 0 Å². The van der Waals surface area contributed by atoms with Crippen molar-refractivity contribution < 1.29 is 9.90 Å². The van der Waals surface area contributed by atoms with E-state index in [1.54, 1.807) is 0 Å². The summed E-state index contributed by atoms with van der Waals surface area (Å²) in [5.41, 5.74) is 3.51. The van der Waals surface area contributed by atoms with Crippen LogP contribution in [0.2, 0.25) is 0 Å². The van der Waals surface area contributed by atoms with Crippen molar-refractivity contribution in [3.63, 3.8) is 0 Å². The molecule has 0 heterocycles. The molecular formula is C12H13NO2. The predicted molar refractivity (Wildman–Crippen MR) is 58.5 cm³/mol. The molecule has 3 heteroatoms. The Morgan fingerprint density at radius 3 is 2.93 bits per heavy atom. The van der Waals surface area contributed by atoms with Crippen LogP contribution in [0.1, 0.15) is 24.1 Å². The van der Waals surface area contributed by atoms with Crippen LogP contribution in [0.15, 0.2) is 29.8 Å². The highest BCUT2D eigenvalue weighted by molar-refractivity contribution is 5.70. The number of hydrogen-bond donors (Lipinski definition) is 2. The summed E-state index contributed by atoms with van der Waals surface area (Å²) in [6.07, 6.45) is 2.09. The minimum absolute atomic E-state index is 0.00974. The van der Waals surface area contributed by atoms with Crippen LogP contribution in [0.3, 0.4) is 0 Å². The van der Waals surface area contributed by atoms with E-state index in [1.807, 2.05) is 31.2 Å². The number of benzene rings is 1. The molecule has 0 bridgehead atoms. The lowest BCUT2D eigenvalue weighted by atomic mass is 10.0. The maximum atomic E-state index is 10.5. The Morgan fingerprint density at radius 1 is 1.47 bits per heavy atom. The van der Waals surface area contributed by atoms with Crippen molar-refractivity contribution in [2.75, 3.05) is 6.54 Å². The summed E-state index contributed by atoms with van der Waals surface area (Å²) in [4.78, 5) is 10.5. The predicted octanol–water partition coefficient (Wildman–Crippen LogP) is 1.82. The van der Waals surface area contributed by atoms with Crippen molar-refractivity contribution in [2.45, 2.75) is 13.0 Å². The number of carbonyl (C=O) groups is 1. The minimum Gasteiger partial charge on any atom is -0.480 e. The molecule has 0 radical (unpaired) electrons. The standard InChI is InChI=1S/C12H13NO2/c1-8-6-9-4-2-3-5-10(9)12(8)13-7-11(14)15/h2-6,12-13H,7H2,1H3,(H,14,15). The number of nitrogens with one attached hydrogen (secondary N) is 1. The second kappa shape index (κ2) is 3.87. The van der Waals surface area contributed by atoms with E-state index >= 15 is 0 Å². The van der Waals surface area contributed by atoms with Gasteiger partial charge in [-0.05, 0) is 18.1 Å². The van der Waals surface area contributed by atoms with Crippen molar-refractivity contribution >= 4 is 12.0 Å². The van der Waals surface area contributed by atoms with Gasteiger partial charge in [-0.15, -0.1) is 0 Å². The first-order valence-corrected chi connectivity index (χ1v) is 4.91. The highest BCUT2D eigenvalue weighted by atomic mass is 16.4. The van der Waals surface area contributed by atoms with Gasteiger partial charge in [0.15, 0.2) is 0 Å². The first-order valence-electron chi connectivity index (χ1n) is 4.91. The van der Waals surface area contributed by atoms with E-state index in [9.17, 15) is 4.79 Å². The van der Waals surface area contributed by atoms with E-state index < -0.39 is 5.97 Å². The fourth-order valence-corrected chi connectivity index (χ4v) is 1.94. The molecule has 3 nitrogen and oxygen atoms in total. The zero-order valence-electron chi connectivity index (χ0n) is 8.53. The molecule has 0 amide bonds. The van der Waals surface area contributed by atoms with Gasteiger partial charge in [0, 0.05) is 0 Å². The summed E-state index contributed by atoms with van der Waals surface area (Å²) in [7, 11) is 0. The maximum absolute atomic E-state index is 10.5. The molecule has 15 heavy (non-hydrogen) atoms. The maximum Gasteiger partial charge on any atom is 0.317 e. The quantitative estimate of drug-likeness (QED) is 0.787. The van der Waals surface area contributed by atoms with Crippen LogP contribution in [0.5, 0.6) is 0 Å². The summed E-state index contributed by atoms with van der Waals surface area (Å²) < 4.78 is 0. The Bertz CT molecular complexity index is 423. The molecule has 1 aromatic carbocycles. The van der Waals surface area contributed by atoms with Crippen LogP contribution >= 0.6 is 0 Å². The summed E-state index contributed by atoms with van der Waals surface area (Å²) in [6.45, 7) is 2.00. The van der Waals surface area contributed by atoms with E-state index in [4.69, 9.17) is 5.11 Å². The Balaban J connectivity index is 2.20. The molecule has 1 aliphatic rings. The molecule has 1 unspecified atom stereocenters. The van der Waals surface area contributed by atoms with Gasteiger partial charge in [0.05, 0.1) is 12.6 Å². The fourth-order valence-electron chi connectivity index (χ4n) is 1.94. The number of carboxylic acids is 1. The van der Waals surface area contributed by atoms with Crippen molar-refractivity contribution in [1.29, 1.82) is 0 Å². The lowest BCUT2D eigenvalue weighted by molar-refractivity contribution is -0.136. The van der Waals surface area contributed by atoms with Gasteiger partial charge in [-0.1, -0.05) is 35.9 Å². The second-order valence-electron chi connectivity index (χ2n) is 3.72. The summed E-state index contributed by atoms with van der Waals surface area (Å²) in [5, 5.41) is 11.6. The number of fused-ring (bicyclic) bond motifs is 1. The Labute approximate surface area is 88.4 Å². The normalized spacial score (nSPS) is 18.5. The second-order valence-corrected chi connectivity index (χ2v) is 3.72. The lowest BCUT2D eigenvalue weighted by Crippen LogP contribution is -2.27. The van der Waals surface area contributed by atoms with Crippen LogP contribution in [0, 0.1) is 0 Å². The Morgan fingerprint density at radius 2 is 2.20 bits per heavy atom. The zero-order chi connectivity index (χ0) is 10.8. The molecule has 78 valence electrons. The van der Waals surface area contributed by atoms with Crippen LogP contribution in [-0.2, 0) is 4.79 Å². The Kier molecular flexibility index (Phi) is 2.56. The topological polar surface area (TPSA) is 49.3 Å².